The Labute approximate surface area is 315 Å². The summed E-state index contributed by atoms with van der Waals surface area (Å²) >= 11 is 0. The lowest BCUT2D eigenvalue weighted by molar-refractivity contribution is 0.130. The Morgan fingerprint density at radius 2 is 1.53 bits per heavy atom. The van der Waals surface area contributed by atoms with E-state index in [0.29, 0.717) is 63.2 Å². The van der Waals surface area contributed by atoms with Crippen LogP contribution in [-0.2, 0) is 13.2 Å². The highest BCUT2D eigenvalue weighted by molar-refractivity contribution is 5.73. The van der Waals surface area contributed by atoms with Gasteiger partial charge in [-0.1, -0.05) is 40.5 Å². The van der Waals surface area contributed by atoms with Gasteiger partial charge in [0.2, 0.25) is 0 Å². The van der Waals surface area contributed by atoms with Crippen molar-refractivity contribution >= 4 is 23.8 Å². The molecule has 0 spiro atoms. The topological polar surface area (TPSA) is 148 Å². The second-order valence-corrected chi connectivity index (χ2v) is 14.1. The van der Waals surface area contributed by atoms with E-state index in [-0.39, 0.29) is 38.1 Å². The van der Waals surface area contributed by atoms with Gasteiger partial charge in [0.1, 0.15) is 25.2 Å². The van der Waals surface area contributed by atoms with Gasteiger partial charge in [-0.25, -0.2) is 0 Å². The van der Waals surface area contributed by atoms with Crippen LogP contribution in [0.2, 0.25) is 0 Å². The number of hydrogen-bond donors (Lipinski definition) is 4. The molecule has 0 radical (unpaired) electrons. The van der Waals surface area contributed by atoms with Crippen molar-refractivity contribution in [1.82, 2.24) is 15.6 Å². The summed E-state index contributed by atoms with van der Waals surface area (Å²) in [6, 6.07) is 10.9. The molecule has 0 fully saturated rings. The standard InChI is InChI=1S/C41H59N5O7/c1-10-26(5)12-29(44-24-47)20-42-35-18-39(37(49-8)14-28(35)7)51-22-31-15-33(53-25(3)4)16-32(45-31)23-52-40-19-36-34(17-38(40)50-9)41(48)46-30(21-43-36)13-27(6)11-2/h14-21,25-27,29-30,41,44,46-48H,10-13,22-24H2,1-9H3. The number of aromatic nitrogens is 1. The predicted octanol–water partition coefficient (Wildman–Crippen LogP) is 7.50. The van der Waals surface area contributed by atoms with Gasteiger partial charge in [-0.15, -0.1) is 0 Å². The van der Waals surface area contributed by atoms with Gasteiger partial charge in [-0.2, -0.15) is 0 Å². The molecule has 5 unspecified atom stereocenters. The molecule has 12 heteroatoms. The lowest BCUT2D eigenvalue weighted by Gasteiger charge is -2.21. The fourth-order valence-corrected chi connectivity index (χ4v) is 5.96. The second-order valence-electron chi connectivity index (χ2n) is 14.1. The van der Waals surface area contributed by atoms with Crippen molar-refractivity contribution in [3.8, 4) is 28.7 Å². The van der Waals surface area contributed by atoms with E-state index in [1.165, 1.54) is 0 Å². The first-order valence-electron chi connectivity index (χ1n) is 18.7. The van der Waals surface area contributed by atoms with Crippen LogP contribution in [0.4, 0.5) is 11.4 Å². The van der Waals surface area contributed by atoms with E-state index in [1.807, 2.05) is 57.5 Å². The van der Waals surface area contributed by atoms with Crippen molar-refractivity contribution in [3.05, 3.63) is 58.9 Å². The Balaban J connectivity index is 1.56. The van der Waals surface area contributed by atoms with Crippen LogP contribution in [0.25, 0.3) is 0 Å². The van der Waals surface area contributed by atoms with Gasteiger partial charge >= 0.3 is 0 Å². The van der Waals surface area contributed by atoms with E-state index >= 15 is 0 Å². The maximum Gasteiger partial charge on any atom is 0.163 e. The molecule has 2 aromatic carbocycles. The number of benzene rings is 2. The van der Waals surface area contributed by atoms with E-state index < -0.39 is 6.23 Å². The molecule has 1 aromatic heterocycles. The number of hydrogen-bond acceptors (Lipinski definition) is 12. The molecule has 2 heterocycles. The number of aliphatic hydroxyl groups is 2. The SMILES string of the molecule is CCC(C)CC(C=Nc1cc(OCc2cc(OC(C)C)cc(COc3cc4c(cc3OC)C(O)NC(CC(C)CC)C=N4)n2)c(OC)cc1C)NCO. The maximum atomic E-state index is 11.0. The summed E-state index contributed by atoms with van der Waals surface area (Å²) in [5, 5.41) is 26.9. The zero-order valence-corrected chi connectivity index (χ0v) is 32.8. The monoisotopic (exact) mass is 733 g/mol. The van der Waals surface area contributed by atoms with Crippen LogP contribution in [0.3, 0.4) is 0 Å². The molecule has 1 aliphatic heterocycles. The quantitative estimate of drug-likeness (QED) is 0.0680. The van der Waals surface area contributed by atoms with Crippen molar-refractivity contribution < 1.29 is 33.9 Å². The third-order valence-corrected chi connectivity index (χ3v) is 9.34. The molecule has 0 saturated heterocycles. The molecular weight excluding hydrogens is 674 g/mol. The van der Waals surface area contributed by atoms with E-state index in [0.717, 1.165) is 36.9 Å². The van der Waals surface area contributed by atoms with Crippen molar-refractivity contribution in [3.63, 3.8) is 0 Å². The first-order valence-corrected chi connectivity index (χ1v) is 18.7. The molecule has 4 rings (SSSR count). The summed E-state index contributed by atoms with van der Waals surface area (Å²) < 4.78 is 30.0. The van der Waals surface area contributed by atoms with Crippen molar-refractivity contribution in [2.24, 2.45) is 21.8 Å². The van der Waals surface area contributed by atoms with Crippen LogP contribution >= 0.6 is 0 Å². The molecule has 53 heavy (non-hydrogen) atoms. The Hall–Kier alpha value is -4.23. The zero-order chi connectivity index (χ0) is 38.5. The number of aliphatic hydroxyl groups excluding tert-OH is 2. The number of nitrogens with one attached hydrogen (secondary N) is 2. The average molecular weight is 734 g/mol. The summed E-state index contributed by atoms with van der Waals surface area (Å²) in [7, 11) is 3.17. The van der Waals surface area contributed by atoms with Gasteiger partial charge in [0.25, 0.3) is 0 Å². The number of ether oxygens (including phenoxy) is 5. The Bertz CT molecular complexity index is 1680. The van der Waals surface area contributed by atoms with Gasteiger partial charge in [0.15, 0.2) is 23.0 Å². The van der Waals surface area contributed by atoms with Crippen LogP contribution in [0.5, 0.6) is 28.7 Å². The molecule has 12 nitrogen and oxygen atoms in total. The number of aryl methyl sites for hydroxylation is 1. The third kappa shape index (κ3) is 12.1. The first kappa shape index (κ1) is 41.5. The summed E-state index contributed by atoms with van der Waals surface area (Å²) in [6.45, 7) is 14.7. The number of fused-ring (bicyclic) bond motifs is 1. The second kappa shape index (κ2) is 20.3. The molecule has 0 aliphatic carbocycles. The summed E-state index contributed by atoms with van der Waals surface area (Å²) in [4.78, 5) is 14.3. The molecule has 1 aliphatic rings. The zero-order valence-electron chi connectivity index (χ0n) is 32.8. The maximum absolute atomic E-state index is 11.0. The Morgan fingerprint density at radius 1 is 0.887 bits per heavy atom. The van der Waals surface area contributed by atoms with Crippen LogP contribution in [-0.4, -0.2) is 66.8 Å². The van der Waals surface area contributed by atoms with E-state index in [4.69, 9.17) is 38.7 Å². The van der Waals surface area contributed by atoms with Gasteiger partial charge in [0.05, 0.1) is 49.8 Å². The number of pyridine rings is 1. The highest BCUT2D eigenvalue weighted by atomic mass is 16.5. The summed E-state index contributed by atoms with van der Waals surface area (Å²) in [5.74, 6) is 3.66. The molecule has 290 valence electrons. The van der Waals surface area contributed by atoms with Gasteiger partial charge in [-0.3, -0.25) is 25.6 Å². The minimum atomic E-state index is -0.900. The van der Waals surface area contributed by atoms with Gasteiger partial charge in [-0.05, 0) is 63.1 Å². The Morgan fingerprint density at radius 3 is 2.13 bits per heavy atom. The van der Waals surface area contributed by atoms with E-state index in [9.17, 15) is 10.2 Å². The average Bonchev–Trinajstić information content (AvgIpc) is 3.28. The summed E-state index contributed by atoms with van der Waals surface area (Å²) in [6.07, 6.45) is 6.56. The molecule has 0 amide bonds. The molecule has 0 saturated carbocycles. The van der Waals surface area contributed by atoms with Crippen LogP contribution in [0, 0.1) is 18.8 Å². The molecule has 4 N–H and O–H groups in total. The van der Waals surface area contributed by atoms with Crippen molar-refractivity contribution in [2.45, 2.75) is 112 Å². The van der Waals surface area contributed by atoms with Crippen LogP contribution in [0.15, 0.2) is 46.4 Å². The normalized spacial score (nSPS) is 17.3. The predicted molar refractivity (Wildman–Crippen MR) is 210 cm³/mol. The fraction of sp³-hybridized carbons (Fsp3) is 0.537. The smallest absolute Gasteiger partial charge is 0.163 e. The molecule has 3 aromatic rings. The van der Waals surface area contributed by atoms with E-state index in [1.54, 1.807) is 26.4 Å². The lowest BCUT2D eigenvalue weighted by Crippen LogP contribution is -2.34. The summed E-state index contributed by atoms with van der Waals surface area (Å²) in [5.41, 5.74) is 4.16. The first-order chi connectivity index (χ1) is 25.5. The highest BCUT2D eigenvalue weighted by Gasteiger charge is 2.24. The van der Waals surface area contributed by atoms with E-state index in [2.05, 4.69) is 38.3 Å². The number of aliphatic imine (C=N–C) groups is 2. The minimum Gasteiger partial charge on any atom is -0.493 e. The fourth-order valence-electron chi connectivity index (χ4n) is 5.96. The molecule has 5 atom stereocenters. The molecule has 0 bridgehead atoms. The number of rotatable bonds is 20. The van der Waals surface area contributed by atoms with Crippen LogP contribution < -0.4 is 34.3 Å². The minimum absolute atomic E-state index is 0.0589. The van der Waals surface area contributed by atoms with Crippen molar-refractivity contribution in [1.29, 1.82) is 0 Å². The lowest BCUT2D eigenvalue weighted by atomic mass is 10.00. The largest absolute Gasteiger partial charge is 0.493 e. The molecular formula is C41H59N5O7. The van der Waals surface area contributed by atoms with Crippen LogP contribution in [0.1, 0.15) is 96.0 Å². The highest BCUT2D eigenvalue weighted by Crippen LogP contribution is 2.39. The van der Waals surface area contributed by atoms with Gasteiger partial charge < -0.3 is 33.9 Å². The number of nitrogens with zero attached hydrogens (tertiary/aromatic N) is 3. The van der Waals surface area contributed by atoms with Gasteiger partial charge in [0, 0.05) is 54.3 Å². The van der Waals surface area contributed by atoms with Crippen molar-refractivity contribution in [2.75, 3.05) is 21.0 Å². The third-order valence-electron chi connectivity index (χ3n) is 9.34. The number of methoxy groups -OCH3 is 2. The Kier molecular flexibility index (Phi) is 15.9.